The predicted molar refractivity (Wildman–Crippen MR) is 81.5 cm³/mol. The first-order valence-corrected chi connectivity index (χ1v) is 6.97. The third-order valence-corrected chi connectivity index (χ3v) is 3.60. The van der Waals surface area contributed by atoms with Gasteiger partial charge in [0.1, 0.15) is 11.7 Å². The van der Waals surface area contributed by atoms with Crippen molar-refractivity contribution in [1.29, 1.82) is 0 Å². The van der Waals surface area contributed by atoms with Crippen molar-refractivity contribution in [3.8, 4) is 0 Å². The number of carbonyl (C=O) groups is 1. The standard InChI is InChI=1S/C17H13ClO3/c1-11(13-7-3-4-8-14(13)18)20-17(19)16-10-12-6-2-5-9-15(12)21-16/h2-11H,1H3/t11-/m0/s1. The summed E-state index contributed by atoms with van der Waals surface area (Å²) in [7, 11) is 0. The van der Waals surface area contributed by atoms with Crippen molar-refractivity contribution in [2.24, 2.45) is 0 Å². The molecule has 0 saturated heterocycles. The van der Waals surface area contributed by atoms with Gasteiger partial charge in [0.15, 0.2) is 0 Å². The van der Waals surface area contributed by atoms with Gasteiger partial charge in [-0.2, -0.15) is 0 Å². The molecule has 0 amide bonds. The van der Waals surface area contributed by atoms with Gasteiger partial charge in [0.25, 0.3) is 0 Å². The molecular formula is C17H13ClO3. The van der Waals surface area contributed by atoms with E-state index in [2.05, 4.69) is 0 Å². The highest BCUT2D eigenvalue weighted by atomic mass is 35.5. The Morgan fingerprint density at radius 2 is 1.86 bits per heavy atom. The van der Waals surface area contributed by atoms with Gasteiger partial charge in [-0.05, 0) is 25.1 Å². The van der Waals surface area contributed by atoms with E-state index >= 15 is 0 Å². The van der Waals surface area contributed by atoms with Crippen molar-refractivity contribution in [3.63, 3.8) is 0 Å². The highest BCUT2D eigenvalue weighted by Gasteiger charge is 2.19. The van der Waals surface area contributed by atoms with Crippen LogP contribution in [0.3, 0.4) is 0 Å². The molecule has 3 aromatic rings. The maximum Gasteiger partial charge on any atom is 0.374 e. The van der Waals surface area contributed by atoms with Gasteiger partial charge < -0.3 is 9.15 Å². The Hall–Kier alpha value is -2.26. The first-order chi connectivity index (χ1) is 10.1. The summed E-state index contributed by atoms with van der Waals surface area (Å²) in [6.07, 6.45) is -0.445. The number of para-hydroxylation sites is 1. The Balaban J connectivity index is 1.81. The number of carbonyl (C=O) groups excluding carboxylic acids is 1. The molecule has 4 heteroatoms. The molecule has 106 valence electrons. The van der Waals surface area contributed by atoms with E-state index in [9.17, 15) is 4.79 Å². The number of halogens is 1. The fourth-order valence-electron chi connectivity index (χ4n) is 2.17. The number of hydrogen-bond acceptors (Lipinski definition) is 3. The van der Waals surface area contributed by atoms with Gasteiger partial charge in [-0.1, -0.05) is 48.0 Å². The van der Waals surface area contributed by atoms with Gasteiger partial charge >= 0.3 is 5.97 Å². The fraction of sp³-hybridized carbons (Fsp3) is 0.118. The number of ether oxygens (including phenoxy) is 1. The lowest BCUT2D eigenvalue weighted by Crippen LogP contribution is -2.08. The highest BCUT2D eigenvalue weighted by Crippen LogP contribution is 2.27. The fourth-order valence-corrected chi connectivity index (χ4v) is 2.46. The Morgan fingerprint density at radius 3 is 2.62 bits per heavy atom. The lowest BCUT2D eigenvalue weighted by molar-refractivity contribution is 0.0304. The molecule has 21 heavy (non-hydrogen) atoms. The quantitative estimate of drug-likeness (QED) is 0.639. The van der Waals surface area contributed by atoms with Crippen LogP contribution in [0.5, 0.6) is 0 Å². The zero-order chi connectivity index (χ0) is 14.8. The first kappa shape index (κ1) is 13.7. The molecule has 0 aliphatic carbocycles. The zero-order valence-electron chi connectivity index (χ0n) is 11.4. The topological polar surface area (TPSA) is 39.4 Å². The van der Waals surface area contributed by atoms with E-state index in [4.69, 9.17) is 20.8 Å². The Kier molecular flexibility index (Phi) is 3.67. The number of hydrogen-bond donors (Lipinski definition) is 0. The van der Waals surface area contributed by atoms with Gasteiger partial charge in [-0.3, -0.25) is 0 Å². The SMILES string of the molecule is C[C@H](OC(=O)c1cc2ccccc2o1)c1ccccc1Cl. The van der Waals surface area contributed by atoms with E-state index in [0.717, 1.165) is 10.9 Å². The summed E-state index contributed by atoms with van der Waals surface area (Å²) in [5.41, 5.74) is 1.43. The average molecular weight is 301 g/mol. The van der Waals surface area contributed by atoms with Crippen LogP contribution in [0.15, 0.2) is 59.0 Å². The van der Waals surface area contributed by atoms with E-state index in [0.29, 0.717) is 10.6 Å². The van der Waals surface area contributed by atoms with Crippen LogP contribution in [0.25, 0.3) is 11.0 Å². The second kappa shape index (κ2) is 5.62. The van der Waals surface area contributed by atoms with Gasteiger partial charge in [0.2, 0.25) is 5.76 Å². The smallest absolute Gasteiger partial charge is 0.374 e. The monoisotopic (exact) mass is 300 g/mol. The van der Waals surface area contributed by atoms with Crippen molar-refractivity contribution < 1.29 is 13.9 Å². The molecule has 0 N–H and O–H groups in total. The molecule has 0 saturated carbocycles. The van der Waals surface area contributed by atoms with Crippen molar-refractivity contribution in [2.45, 2.75) is 13.0 Å². The Labute approximate surface area is 127 Å². The highest BCUT2D eigenvalue weighted by molar-refractivity contribution is 6.31. The second-order valence-corrected chi connectivity index (χ2v) is 5.12. The summed E-state index contributed by atoms with van der Waals surface area (Å²) in [4.78, 5) is 12.2. The molecule has 0 spiro atoms. The summed E-state index contributed by atoms with van der Waals surface area (Å²) in [5.74, 6) is -0.311. The second-order valence-electron chi connectivity index (χ2n) is 4.72. The number of furan rings is 1. The van der Waals surface area contributed by atoms with Gasteiger partial charge in [-0.25, -0.2) is 4.79 Å². The van der Waals surface area contributed by atoms with Crippen LogP contribution >= 0.6 is 11.6 Å². The molecule has 0 unspecified atom stereocenters. The molecule has 1 heterocycles. The van der Waals surface area contributed by atoms with Crippen LogP contribution in [0.2, 0.25) is 5.02 Å². The van der Waals surface area contributed by atoms with Crippen molar-refractivity contribution in [3.05, 3.63) is 70.9 Å². The molecule has 1 atom stereocenters. The minimum atomic E-state index is -0.501. The van der Waals surface area contributed by atoms with Gasteiger partial charge in [0, 0.05) is 16.0 Å². The van der Waals surface area contributed by atoms with Crippen LogP contribution in [0.1, 0.15) is 29.1 Å². The van der Waals surface area contributed by atoms with Crippen LogP contribution in [0.4, 0.5) is 0 Å². The normalized spacial score (nSPS) is 12.3. The Bertz CT molecular complexity index is 758. The maximum atomic E-state index is 12.2. The number of benzene rings is 2. The lowest BCUT2D eigenvalue weighted by Gasteiger charge is -2.13. The molecule has 3 nitrogen and oxygen atoms in total. The van der Waals surface area contributed by atoms with Gasteiger partial charge in [0.05, 0.1) is 0 Å². The summed E-state index contributed by atoms with van der Waals surface area (Å²) >= 11 is 6.10. The zero-order valence-corrected chi connectivity index (χ0v) is 12.1. The van der Waals surface area contributed by atoms with Crippen molar-refractivity contribution in [2.75, 3.05) is 0 Å². The van der Waals surface area contributed by atoms with E-state index in [1.54, 1.807) is 19.1 Å². The van der Waals surface area contributed by atoms with Crippen molar-refractivity contribution in [1.82, 2.24) is 0 Å². The van der Waals surface area contributed by atoms with Crippen LogP contribution in [0, 0.1) is 0 Å². The lowest BCUT2D eigenvalue weighted by atomic mass is 10.1. The third kappa shape index (κ3) is 2.78. The molecule has 0 fully saturated rings. The van der Waals surface area contributed by atoms with E-state index < -0.39 is 12.1 Å². The molecular weight excluding hydrogens is 288 g/mol. The predicted octanol–water partition coefficient (Wildman–Crippen LogP) is 5.00. The summed E-state index contributed by atoms with van der Waals surface area (Å²) in [6, 6.07) is 16.4. The molecule has 3 rings (SSSR count). The molecule has 0 bridgehead atoms. The first-order valence-electron chi connectivity index (χ1n) is 6.59. The van der Waals surface area contributed by atoms with E-state index in [1.807, 2.05) is 42.5 Å². The van der Waals surface area contributed by atoms with E-state index in [-0.39, 0.29) is 5.76 Å². The largest absolute Gasteiger partial charge is 0.452 e. The van der Waals surface area contributed by atoms with Crippen LogP contribution < -0.4 is 0 Å². The number of fused-ring (bicyclic) bond motifs is 1. The summed E-state index contributed by atoms with van der Waals surface area (Å²) in [5, 5.41) is 1.44. The summed E-state index contributed by atoms with van der Waals surface area (Å²) in [6.45, 7) is 1.78. The van der Waals surface area contributed by atoms with E-state index in [1.165, 1.54) is 0 Å². The minimum Gasteiger partial charge on any atom is -0.452 e. The van der Waals surface area contributed by atoms with Crippen molar-refractivity contribution >= 4 is 28.5 Å². The number of esters is 1. The molecule has 2 aromatic carbocycles. The molecule has 0 radical (unpaired) electrons. The Morgan fingerprint density at radius 1 is 1.14 bits per heavy atom. The summed E-state index contributed by atoms with van der Waals surface area (Å²) < 4.78 is 10.9. The van der Waals surface area contributed by atoms with Crippen LogP contribution in [-0.4, -0.2) is 5.97 Å². The number of rotatable bonds is 3. The molecule has 0 aliphatic rings. The third-order valence-electron chi connectivity index (χ3n) is 3.25. The minimum absolute atomic E-state index is 0.190. The average Bonchev–Trinajstić information content (AvgIpc) is 2.91. The van der Waals surface area contributed by atoms with Gasteiger partial charge in [-0.15, -0.1) is 0 Å². The van der Waals surface area contributed by atoms with Crippen LogP contribution in [-0.2, 0) is 4.74 Å². The maximum absolute atomic E-state index is 12.2. The molecule has 1 aromatic heterocycles. The molecule has 0 aliphatic heterocycles.